The van der Waals surface area contributed by atoms with Crippen LogP contribution in [0.15, 0.2) is 48.8 Å². The SMILES string of the molecule is O=C(c1ccc(Cl)cc1)N1CCC[C@H]1c1ccncc1. The number of benzene rings is 1. The summed E-state index contributed by atoms with van der Waals surface area (Å²) in [5.74, 6) is 0.0704. The molecule has 1 atom stereocenters. The fourth-order valence-corrected chi connectivity index (χ4v) is 2.83. The molecule has 1 amide bonds. The first-order chi connectivity index (χ1) is 9.75. The molecule has 1 aromatic carbocycles. The third-order valence-electron chi connectivity index (χ3n) is 3.70. The second-order valence-corrected chi connectivity index (χ2v) is 5.38. The maximum atomic E-state index is 12.6. The van der Waals surface area contributed by atoms with Gasteiger partial charge in [-0.25, -0.2) is 0 Å². The second-order valence-electron chi connectivity index (χ2n) is 4.94. The number of halogens is 1. The van der Waals surface area contributed by atoms with Gasteiger partial charge in [0.1, 0.15) is 0 Å². The molecule has 3 rings (SSSR count). The Morgan fingerprint density at radius 1 is 1.15 bits per heavy atom. The highest BCUT2D eigenvalue weighted by Crippen LogP contribution is 2.32. The van der Waals surface area contributed by atoms with Crippen molar-refractivity contribution in [1.29, 1.82) is 0 Å². The Labute approximate surface area is 123 Å². The highest BCUT2D eigenvalue weighted by molar-refractivity contribution is 6.30. The topological polar surface area (TPSA) is 33.2 Å². The molecule has 0 aliphatic carbocycles. The van der Waals surface area contributed by atoms with E-state index in [1.165, 1.54) is 0 Å². The molecule has 0 N–H and O–H groups in total. The molecule has 102 valence electrons. The minimum absolute atomic E-state index is 0.0704. The fourth-order valence-electron chi connectivity index (χ4n) is 2.70. The van der Waals surface area contributed by atoms with Crippen molar-refractivity contribution < 1.29 is 4.79 Å². The number of likely N-dealkylation sites (tertiary alicyclic amines) is 1. The van der Waals surface area contributed by atoms with Crippen LogP contribution in [-0.4, -0.2) is 22.3 Å². The molecule has 1 fully saturated rings. The number of rotatable bonds is 2. The van der Waals surface area contributed by atoms with E-state index in [4.69, 9.17) is 11.6 Å². The first-order valence-corrected chi connectivity index (χ1v) is 7.10. The van der Waals surface area contributed by atoms with E-state index in [0.717, 1.165) is 24.9 Å². The standard InChI is InChI=1S/C16H15ClN2O/c17-14-5-3-13(4-6-14)16(20)19-11-1-2-15(19)12-7-9-18-10-8-12/h3-10,15H,1-2,11H2/t15-/m0/s1. The summed E-state index contributed by atoms with van der Waals surface area (Å²) in [6.45, 7) is 0.800. The number of aromatic nitrogens is 1. The van der Waals surface area contributed by atoms with E-state index in [-0.39, 0.29) is 11.9 Å². The minimum atomic E-state index is 0.0704. The molecular weight excluding hydrogens is 272 g/mol. The summed E-state index contributed by atoms with van der Waals surface area (Å²) in [5.41, 5.74) is 1.84. The van der Waals surface area contributed by atoms with Gasteiger partial charge in [0, 0.05) is 29.5 Å². The van der Waals surface area contributed by atoms with Gasteiger partial charge in [0.15, 0.2) is 0 Å². The predicted octanol–water partition coefficient (Wildman–Crippen LogP) is 3.71. The summed E-state index contributed by atoms with van der Waals surface area (Å²) in [4.78, 5) is 18.6. The highest BCUT2D eigenvalue weighted by Gasteiger charge is 2.30. The normalized spacial score (nSPS) is 18.2. The van der Waals surface area contributed by atoms with Crippen LogP contribution in [0.5, 0.6) is 0 Å². The van der Waals surface area contributed by atoms with Crippen molar-refractivity contribution in [3.05, 3.63) is 64.9 Å². The average Bonchev–Trinajstić information content (AvgIpc) is 2.97. The average molecular weight is 287 g/mol. The molecule has 0 radical (unpaired) electrons. The molecule has 2 heterocycles. The molecule has 0 bridgehead atoms. The van der Waals surface area contributed by atoms with Gasteiger partial charge in [-0.3, -0.25) is 9.78 Å². The van der Waals surface area contributed by atoms with Gasteiger partial charge in [-0.15, -0.1) is 0 Å². The first kappa shape index (κ1) is 13.1. The molecule has 2 aromatic rings. The van der Waals surface area contributed by atoms with Gasteiger partial charge in [-0.1, -0.05) is 11.6 Å². The molecule has 1 aliphatic rings. The predicted molar refractivity (Wildman–Crippen MR) is 78.7 cm³/mol. The molecule has 0 saturated carbocycles. The monoisotopic (exact) mass is 286 g/mol. The molecule has 1 aromatic heterocycles. The highest BCUT2D eigenvalue weighted by atomic mass is 35.5. The minimum Gasteiger partial charge on any atom is -0.332 e. The Hall–Kier alpha value is -1.87. The number of pyridine rings is 1. The Bertz CT molecular complexity index is 598. The zero-order chi connectivity index (χ0) is 13.9. The first-order valence-electron chi connectivity index (χ1n) is 6.72. The van der Waals surface area contributed by atoms with Crippen LogP contribution >= 0.6 is 11.6 Å². The lowest BCUT2D eigenvalue weighted by molar-refractivity contribution is 0.0735. The van der Waals surface area contributed by atoms with Crippen molar-refractivity contribution in [1.82, 2.24) is 9.88 Å². The van der Waals surface area contributed by atoms with E-state index >= 15 is 0 Å². The molecule has 0 unspecified atom stereocenters. The summed E-state index contributed by atoms with van der Waals surface area (Å²) in [6.07, 6.45) is 5.59. The molecular formula is C16H15ClN2O. The number of hydrogen-bond acceptors (Lipinski definition) is 2. The van der Waals surface area contributed by atoms with Gasteiger partial charge in [0.25, 0.3) is 5.91 Å². The van der Waals surface area contributed by atoms with Gasteiger partial charge in [-0.2, -0.15) is 0 Å². The van der Waals surface area contributed by atoms with Crippen molar-refractivity contribution in [2.24, 2.45) is 0 Å². The third-order valence-corrected chi connectivity index (χ3v) is 3.95. The number of amides is 1. The molecule has 3 nitrogen and oxygen atoms in total. The molecule has 1 aliphatic heterocycles. The van der Waals surface area contributed by atoms with Gasteiger partial charge >= 0.3 is 0 Å². The lowest BCUT2D eigenvalue weighted by Crippen LogP contribution is -2.30. The summed E-state index contributed by atoms with van der Waals surface area (Å²) in [6, 6.07) is 11.2. The summed E-state index contributed by atoms with van der Waals surface area (Å²) < 4.78 is 0. The number of nitrogens with zero attached hydrogens (tertiary/aromatic N) is 2. The second kappa shape index (κ2) is 5.63. The maximum absolute atomic E-state index is 12.6. The largest absolute Gasteiger partial charge is 0.332 e. The number of hydrogen-bond donors (Lipinski definition) is 0. The maximum Gasteiger partial charge on any atom is 0.254 e. The Kier molecular flexibility index (Phi) is 3.70. The lowest BCUT2D eigenvalue weighted by atomic mass is 10.1. The number of carbonyl (C=O) groups is 1. The fraction of sp³-hybridized carbons (Fsp3) is 0.250. The van der Waals surface area contributed by atoms with Crippen LogP contribution in [0.2, 0.25) is 5.02 Å². The Morgan fingerprint density at radius 3 is 2.55 bits per heavy atom. The van der Waals surface area contributed by atoms with Crippen molar-refractivity contribution in [2.75, 3.05) is 6.54 Å². The van der Waals surface area contributed by atoms with Crippen LogP contribution < -0.4 is 0 Å². The summed E-state index contributed by atoms with van der Waals surface area (Å²) in [5, 5.41) is 0.647. The Morgan fingerprint density at radius 2 is 1.85 bits per heavy atom. The zero-order valence-electron chi connectivity index (χ0n) is 11.0. The van der Waals surface area contributed by atoms with Crippen molar-refractivity contribution in [2.45, 2.75) is 18.9 Å². The van der Waals surface area contributed by atoms with E-state index in [1.807, 2.05) is 17.0 Å². The van der Waals surface area contributed by atoms with Crippen molar-refractivity contribution >= 4 is 17.5 Å². The van der Waals surface area contributed by atoms with Crippen molar-refractivity contribution in [3.63, 3.8) is 0 Å². The van der Waals surface area contributed by atoms with E-state index in [2.05, 4.69) is 4.98 Å². The quantitative estimate of drug-likeness (QED) is 0.843. The van der Waals surface area contributed by atoms with E-state index in [1.54, 1.807) is 36.7 Å². The molecule has 1 saturated heterocycles. The van der Waals surface area contributed by atoms with Crippen LogP contribution in [0.4, 0.5) is 0 Å². The van der Waals surface area contributed by atoms with Gasteiger partial charge in [0.2, 0.25) is 0 Å². The number of carbonyl (C=O) groups excluding carboxylic acids is 1. The lowest BCUT2D eigenvalue weighted by Gasteiger charge is -2.25. The summed E-state index contributed by atoms with van der Waals surface area (Å²) >= 11 is 5.87. The van der Waals surface area contributed by atoms with Crippen molar-refractivity contribution in [3.8, 4) is 0 Å². The van der Waals surface area contributed by atoms with Gasteiger partial charge in [-0.05, 0) is 54.8 Å². The van der Waals surface area contributed by atoms with Gasteiger partial charge < -0.3 is 4.90 Å². The van der Waals surface area contributed by atoms with Crippen LogP contribution in [-0.2, 0) is 0 Å². The van der Waals surface area contributed by atoms with Crippen LogP contribution in [0.3, 0.4) is 0 Å². The molecule has 20 heavy (non-hydrogen) atoms. The Balaban J connectivity index is 1.85. The van der Waals surface area contributed by atoms with Crippen LogP contribution in [0.25, 0.3) is 0 Å². The summed E-state index contributed by atoms with van der Waals surface area (Å²) in [7, 11) is 0. The van der Waals surface area contributed by atoms with Crippen LogP contribution in [0.1, 0.15) is 34.8 Å². The smallest absolute Gasteiger partial charge is 0.254 e. The van der Waals surface area contributed by atoms with E-state index in [9.17, 15) is 4.79 Å². The van der Waals surface area contributed by atoms with Gasteiger partial charge in [0.05, 0.1) is 6.04 Å². The molecule has 4 heteroatoms. The molecule has 0 spiro atoms. The van der Waals surface area contributed by atoms with E-state index in [0.29, 0.717) is 10.6 Å². The zero-order valence-corrected chi connectivity index (χ0v) is 11.8. The third kappa shape index (κ3) is 2.54. The van der Waals surface area contributed by atoms with E-state index < -0.39 is 0 Å². The van der Waals surface area contributed by atoms with Crippen LogP contribution in [0, 0.1) is 0 Å².